The summed E-state index contributed by atoms with van der Waals surface area (Å²) in [6, 6.07) is 4.21. The van der Waals surface area contributed by atoms with Gasteiger partial charge in [0.25, 0.3) is 0 Å². The van der Waals surface area contributed by atoms with Crippen LogP contribution in [0.25, 0.3) is 0 Å². The van der Waals surface area contributed by atoms with E-state index in [2.05, 4.69) is 0 Å². The SMILES string of the molecule is CCc1ccc(B(O)O)cc1F. The molecule has 1 rings (SSSR count). The zero-order chi connectivity index (χ0) is 9.14. The molecule has 64 valence electrons. The van der Waals surface area contributed by atoms with Gasteiger partial charge in [0, 0.05) is 0 Å². The van der Waals surface area contributed by atoms with Gasteiger partial charge in [0.15, 0.2) is 0 Å². The molecule has 0 aromatic heterocycles. The summed E-state index contributed by atoms with van der Waals surface area (Å²) in [5, 5.41) is 17.4. The van der Waals surface area contributed by atoms with Crippen molar-refractivity contribution in [2.75, 3.05) is 0 Å². The predicted molar refractivity (Wildman–Crippen MR) is 45.6 cm³/mol. The largest absolute Gasteiger partial charge is 0.488 e. The fourth-order valence-corrected chi connectivity index (χ4v) is 1.01. The summed E-state index contributed by atoms with van der Waals surface area (Å²) >= 11 is 0. The van der Waals surface area contributed by atoms with Crippen molar-refractivity contribution >= 4 is 12.6 Å². The van der Waals surface area contributed by atoms with Gasteiger partial charge in [-0.15, -0.1) is 0 Å². The Bertz CT molecular complexity index is 276. The molecule has 0 saturated carbocycles. The lowest BCUT2D eigenvalue weighted by atomic mass is 9.80. The van der Waals surface area contributed by atoms with Crippen LogP contribution < -0.4 is 5.46 Å². The number of rotatable bonds is 2. The van der Waals surface area contributed by atoms with Crippen molar-refractivity contribution in [2.45, 2.75) is 13.3 Å². The third-order valence-electron chi connectivity index (χ3n) is 1.76. The molecule has 0 amide bonds. The molecule has 4 heteroatoms. The fourth-order valence-electron chi connectivity index (χ4n) is 1.01. The van der Waals surface area contributed by atoms with E-state index in [1.165, 1.54) is 6.07 Å². The van der Waals surface area contributed by atoms with Gasteiger partial charge < -0.3 is 10.0 Å². The summed E-state index contributed by atoms with van der Waals surface area (Å²) in [4.78, 5) is 0. The molecular weight excluding hydrogens is 158 g/mol. The van der Waals surface area contributed by atoms with E-state index in [0.717, 1.165) is 6.07 Å². The minimum absolute atomic E-state index is 0.185. The van der Waals surface area contributed by atoms with E-state index in [4.69, 9.17) is 10.0 Å². The highest BCUT2D eigenvalue weighted by Crippen LogP contribution is 2.05. The zero-order valence-corrected chi connectivity index (χ0v) is 6.79. The van der Waals surface area contributed by atoms with Crippen LogP contribution >= 0.6 is 0 Å². The van der Waals surface area contributed by atoms with Crippen molar-refractivity contribution in [3.63, 3.8) is 0 Å². The first kappa shape index (κ1) is 9.22. The Labute approximate surface area is 70.8 Å². The fraction of sp³-hybridized carbons (Fsp3) is 0.250. The van der Waals surface area contributed by atoms with Crippen LogP contribution in [-0.4, -0.2) is 17.2 Å². The first-order chi connectivity index (χ1) is 5.65. The molecule has 0 saturated heterocycles. The Balaban J connectivity index is 3.02. The first-order valence-electron chi connectivity index (χ1n) is 3.79. The van der Waals surface area contributed by atoms with Gasteiger partial charge >= 0.3 is 7.12 Å². The van der Waals surface area contributed by atoms with Crippen molar-refractivity contribution < 1.29 is 14.4 Å². The Morgan fingerprint density at radius 2 is 2.08 bits per heavy atom. The molecular formula is C8H10BFO2. The number of hydrogen-bond acceptors (Lipinski definition) is 2. The molecule has 0 aliphatic carbocycles. The van der Waals surface area contributed by atoms with Crippen molar-refractivity contribution in [1.82, 2.24) is 0 Å². The highest BCUT2D eigenvalue weighted by molar-refractivity contribution is 6.58. The number of hydrogen-bond donors (Lipinski definition) is 2. The zero-order valence-electron chi connectivity index (χ0n) is 6.79. The van der Waals surface area contributed by atoms with Crippen molar-refractivity contribution in [1.29, 1.82) is 0 Å². The molecule has 0 fully saturated rings. The second kappa shape index (κ2) is 3.69. The van der Waals surface area contributed by atoms with Gasteiger partial charge in [-0.25, -0.2) is 4.39 Å². The van der Waals surface area contributed by atoms with Crippen LogP contribution in [0.2, 0.25) is 0 Å². The molecule has 2 N–H and O–H groups in total. The summed E-state index contributed by atoms with van der Waals surface area (Å²) in [5.41, 5.74) is 0.768. The van der Waals surface area contributed by atoms with Crippen LogP contribution in [0.15, 0.2) is 18.2 Å². The predicted octanol–water partition coefficient (Wildman–Crippen LogP) is 0.0679. The summed E-state index contributed by atoms with van der Waals surface area (Å²) in [6.07, 6.45) is 0.605. The van der Waals surface area contributed by atoms with E-state index in [-0.39, 0.29) is 11.3 Å². The molecule has 12 heavy (non-hydrogen) atoms. The Hall–Kier alpha value is -0.865. The van der Waals surface area contributed by atoms with Crippen molar-refractivity contribution in [2.24, 2.45) is 0 Å². The van der Waals surface area contributed by atoms with Crippen LogP contribution in [0, 0.1) is 5.82 Å². The normalized spacial score (nSPS) is 10.0. The lowest BCUT2D eigenvalue weighted by Gasteiger charge is -2.02. The molecule has 0 unspecified atom stereocenters. The highest BCUT2D eigenvalue weighted by atomic mass is 19.1. The molecule has 1 aromatic carbocycles. The van der Waals surface area contributed by atoms with Gasteiger partial charge in [0.2, 0.25) is 0 Å². The number of halogens is 1. The van der Waals surface area contributed by atoms with Gasteiger partial charge in [0.1, 0.15) is 5.82 Å². The Kier molecular flexibility index (Phi) is 2.84. The van der Waals surface area contributed by atoms with Crippen LogP contribution in [0.1, 0.15) is 12.5 Å². The molecule has 0 heterocycles. The maximum absolute atomic E-state index is 13.0. The second-order valence-electron chi connectivity index (χ2n) is 2.58. The van der Waals surface area contributed by atoms with E-state index >= 15 is 0 Å². The van der Waals surface area contributed by atoms with Gasteiger partial charge in [0.05, 0.1) is 0 Å². The Morgan fingerprint density at radius 1 is 1.42 bits per heavy atom. The van der Waals surface area contributed by atoms with E-state index in [9.17, 15) is 4.39 Å². The topological polar surface area (TPSA) is 40.5 Å². The van der Waals surface area contributed by atoms with Crippen LogP contribution in [0.5, 0.6) is 0 Å². The molecule has 0 aliphatic heterocycles. The maximum Gasteiger partial charge on any atom is 0.488 e. The van der Waals surface area contributed by atoms with Crippen LogP contribution in [-0.2, 0) is 6.42 Å². The maximum atomic E-state index is 13.0. The quantitative estimate of drug-likeness (QED) is 0.613. The molecule has 2 nitrogen and oxygen atoms in total. The molecule has 0 aliphatic rings. The summed E-state index contributed by atoms with van der Waals surface area (Å²) in [6.45, 7) is 1.84. The monoisotopic (exact) mass is 168 g/mol. The lowest BCUT2D eigenvalue weighted by Crippen LogP contribution is -2.30. The minimum Gasteiger partial charge on any atom is -0.423 e. The molecule has 0 radical (unpaired) electrons. The van der Waals surface area contributed by atoms with Gasteiger partial charge in [-0.1, -0.05) is 19.1 Å². The first-order valence-corrected chi connectivity index (χ1v) is 3.79. The highest BCUT2D eigenvalue weighted by Gasteiger charge is 2.12. The van der Waals surface area contributed by atoms with Gasteiger partial charge in [-0.2, -0.15) is 0 Å². The van der Waals surface area contributed by atoms with Crippen LogP contribution in [0.4, 0.5) is 4.39 Å². The Morgan fingerprint density at radius 3 is 2.50 bits per heavy atom. The molecule has 1 aromatic rings. The lowest BCUT2D eigenvalue weighted by molar-refractivity contribution is 0.425. The molecule has 0 spiro atoms. The average molecular weight is 168 g/mol. The second-order valence-corrected chi connectivity index (χ2v) is 2.58. The van der Waals surface area contributed by atoms with E-state index in [1.807, 2.05) is 6.92 Å². The smallest absolute Gasteiger partial charge is 0.423 e. The summed E-state index contributed by atoms with van der Waals surface area (Å²) in [5.74, 6) is -0.386. The minimum atomic E-state index is -1.59. The number of benzene rings is 1. The third-order valence-corrected chi connectivity index (χ3v) is 1.76. The van der Waals surface area contributed by atoms with E-state index in [1.54, 1.807) is 6.07 Å². The van der Waals surface area contributed by atoms with Crippen molar-refractivity contribution in [3.8, 4) is 0 Å². The molecule has 0 bridgehead atoms. The van der Waals surface area contributed by atoms with Crippen LogP contribution in [0.3, 0.4) is 0 Å². The average Bonchev–Trinajstić information content (AvgIpc) is 2.04. The van der Waals surface area contributed by atoms with Gasteiger partial charge in [-0.05, 0) is 23.5 Å². The summed E-state index contributed by atoms with van der Waals surface area (Å²) in [7, 11) is -1.59. The third kappa shape index (κ3) is 1.84. The number of aryl methyl sites for hydroxylation is 1. The molecule has 0 atom stereocenters. The summed E-state index contributed by atoms with van der Waals surface area (Å²) < 4.78 is 13.0. The van der Waals surface area contributed by atoms with Crippen molar-refractivity contribution in [3.05, 3.63) is 29.6 Å². The van der Waals surface area contributed by atoms with E-state index < -0.39 is 7.12 Å². The standard InChI is InChI=1S/C8H10BFO2/c1-2-6-3-4-7(9(11)12)5-8(6)10/h3-5,11-12H,2H2,1H3. The van der Waals surface area contributed by atoms with E-state index in [0.29, 0.717) is 12.0 Å². The van der Waals surface area contributed by atoms with Gasteiger partial charge in [-0.3, -0.25) is 0 Å².